The van der Waals surface area contributed by atoms with Gasteiger partial charge in [-0.3, -0.25) is 14.4 Å². The van der Waals surface area contributed by atoms with Gasteiger partial charge in [0.1, 0.15) is 11.4 Å². The fourth-order valence-electron chi connectivity index (χ4n) is 3.79. The summed E-state index contributed by atoms with van der Waals surface area (Å²) < 4.78 is 0. The molecule has 0 aliphatic carbocycles. The normalized spacial score (nSPS) is 26.4. The predicted molar refractivity (Wildman–Crippen MR) is 88.5 cm³/mol. The Morgan fingerprint density at radius 1 is 1.17 bits per heavy atom. The Labute approximate surface area is 143 Å². The number of carbonyl (C=O) groups excluding carboxylic acids is 2. The van der Waals surface area contributed by atoms with E-state index in [1.54, 1.807) is 21.6 Å². The molecule has 1 aromatic carbocycles. The van der Waals surface area contributed by atoms with E-state index in [2.05, 4.69) is 0 Å². The zero-order chi connectivity index (χ0) is 16.8. The molecule has 1 N–H and O–H groups in total. The molecule has 2 atom stereocenters. The number of benzene rings is 1. The molecule has 2 amide bonds. The first-order valence-electron chi connectivity index (χ1n) is 8.12. The Kier molecular flexibility index (Phi) is 3.75. The number of carboxylic acid groups (broad SMARTS) is 1. The first kappa shape index (κ1) is 15.5. The topological polar surface area (TPSA) is 77.9 Å². The zero-order valence-electron chi connectivity index (χ0n) is 13.1. The Morgan fingerprint density at radius 2 is 1.88 bits per heavy atom. The van der Waals surface area contributed by atoms with Crippen molar-refractivity contribution < 1.29 is 19.5 Å². The van der Waals surface area contributed by atoms with E-state index in [0.29, 0.717) is 37.2 Å². The number of thioether (sulfide) groups is 1. The Morgan fingerprint density at radius 3 is 2.58 bits per heavy atom. The molecule has 3 aliphatic rings. The molecule has 0 aromatic heterocycles. The van der Waals surface area contributed by atoms with Crippen molar-refractivity contribution >= 4 is 29.5 Å². The molecular formula is C17H18N2O4S. The lowest BCUT2D eigenvalue weighted by Gasteiger charge is -2.34. The van der Waals surface area contributed by atoms with Crippen molar-refractivity contribution in [2.45, 2.75) is 24.3 Å². The van der Waals surface area contributed by atoms with Gasteiger partial charge in [0.05, 0.1) is 5.92 Å². The molecule has 3 heterocycles. The van der Waals surface area contributed by atoms with Crippen LogP contribution in [0, 0.1) is 5.92 Å². The number of hydrogen-bond acceptors (Lipinski definition) is 4. The van der Waals surface area contributed by atoms with Crippen LogP contribution in [0.3, 0.4) is 0 Å². The van der Waals surface area contributed by atoms with Crippen LogP contribution in [0.1, 0.15) is 34.1 Å². The number of nitrogens with zero attached hydrogens (tertiary/aromatic N) is 2. The third-order valence-electron chi connectivity index (χ3n) is 5.13. The molecule has 126 valence electrons. The molecule has 0 saturated carbocycles. The molecule has 7 heteroatoms. The zero-order valence-corrected chi connectivity index (χ0v) is 13.9. The summed E-state index contributed by atoms with van der Waals surface area (Å²) in [6.07, 6.45) is 0.969. The van der Waals surface area contributed by atoms with E-state index in [1.165, 1.54) is 0 Å². The average Bonchev–Trinajstić information content (AvgIpc) is 3.15. The van der Waals surface area contributed by atoms with E-state index in [9.17, 15) is 14.4 Å². The molecule has 3 aliphatic heterocycles. The van der Waals surface area contributed by atoms with Crippen molar-refractivity contribution in [1.82, 2.24) is 9.80 Å². The van der Waals surface area contributed by atoms with Gasteiger partial charge in [0.25, 0.3) is 5.91 Å². The van der Waals surface area contributed by atoms with Crippen molar-refractivity contribution in [2.24, 2.45) is 5.92 Å². The van der Waals surface area contributed by atoms with E-state index >= 15 is 0 Å². The number of carbonyl (C=O) groups is 3. The van der Waals surface area contributed by atoms with Gasteiger partial charge in [-0.2, -0.15) is 0 Å². The molecule has 0 radical (unpaired) electrons. The number of piperidine rings is 1. The average molecular weight is 346 g/mol. The molecule has 0 bridgehead atoms. The first-order valence-corrected chi connectivity index (χ1v) is 9.17. The summed E-state index contributed by atoms with van der Waals surface area (Å²) in [5.74, 6) is -0.668. The van der Waals surface area contributed by atoms with Gasteiger partial charge in [-0.15, -0.1) is 11.8 Å². The molecule has 2 unspecified atom stereocenters. The second kappa shape index (κ2) is 5.81. The van der Waals surface area contributed by atoms with Crippen LogP contribution in [0.2, 0.25) is 0 Å². The second-order valence-corrected chi connectivity index (χ2v) is 7.55. The molecule has 1 aromatic rings. The smallest absolute Gasteiger partial charge is 0.306 e. The van der Waals surface area contributed by atoms with E-state index < -0.39 is 12.0 Å². The van der Waals surface area contributed by atoms with E-state index in [0.717, 1.165) is 5.56 Å². The summed E-state index contributed by atoms with van der Waals surface area (Å²) in [6, 6.07) is 7.09. The summed E-state index contributed by atoms with van der Waals surface area (Å²) in [4.78, 5) is 40.0. The highest BCUT2D eigenvalue weighted by atomic mass is 32.2. The van der Waals surface area contributed by atoms with Gasteiger partial charge in [-0.25, -0.2) is 0 Å². The van der Waals surface area contributed by atoms with Crippen LogP contribution >= 0.6 is 11.8 Å². The largest absolute Gasteiger partial charge is 0.481 e. The van der Waals surface area contributed by atoms with Crippen LogP contribution in [0.15, 0.2) is 24.3 Å². The summed E-state index contributed by atoms with van der Waals surface area (Å²) in [5, 5.41) is 9.00. The standard InChI is InChI=1S/C17H18N2O4S/c20-14-11-3-1-2-4-12(11)16-19(14)13(9-24-16)15(21)18-7-5-10(6-8-18)17(22)23/h1-4,10,13,16H,5-9H2,(H,22,23). The minimum Gasteiger partial charge on any atom is -0.481 e. The highest BCUT2D eigenvalue weighted by molar-refractivity contribution is 7.99. The fourth-order valence-corrected chi connectivity index (χ4v) is 5.24. The van der Waals surface area contributed by atoms with Gasteiger partial charge in [-0.05, 0) is 24.5 Å². The van der Waals surface area contributed by atoms with Crippen LogP contribution in [0.4, 0.5) is 0 Å². The summed E-state index contributed by atoms with van der Waals surface area (Å²) in [5.41, 5.74) is 1.68. The summed E-state index contributed by atoms with van der Waals surface area (Å²) in [7, 11) is 0. The van der Waals surface area contributed by atoms with E-state index in [4.69, 9.17) is 5.11 Å². The van der Waals surface area contributed by atoms with E-state index in [-0.39, 0.29) is 23.1 Å². The van der Waals surface area contributed by atoms with Crippen LogP contribution in [0.25, 0.3) is 0 Å². The fraction of sp³-hybridized carbons (Fsp3) is 0.471. The molecule has 4 rings (SSSR count). The van der Waals surface area contributed by atoms with Gasteiger partial charge in [-0.1, -0.05) is 18.2 Å². The van der Waals surface area contributed by atoms with Gasteiger partial charge < -0.3 is 14.9 Å². The maximum absolute atomic E-state index is 12.9. The van der Waals surface area contributed by atoms with Gasteiger partial charge in [0.2, 0.25) is 5.91 Å². The van der Waals surface area contributed by atoms with Crippen molar-refractivity contribution in [3.05, 3.63) is 35.4 Å². The van der Waals surface area contributed by atoms with Crippen molar-refractivity contribution in [3.63, 3.8) is 0 Å². The van der Waals surface area contributed by atoms with Crippen molar-refractivity contribution in [1.29, 1.82) is 0 Å². The van der Waals surface area contributed by atoms with Crippen molar-refractivity contribution in [2.75, 3.05) is 18.8 Å². The van der Waals surface area contributed by atoms with Crippen LogP contribution in [0.5, 0.6) is 0 Å². The number of amides is 2. The predicted octanol–water partition coefficient (Wildman–Crippen LogP) is 1.58. The first-order chi connectivity index (χ1) is 11.6. The van der Waals surface area contributed by atoms with Crippen LogP contribution in [-0.2, 0) is 9.59 Å². The molecule has 2 saturated heterocycles. The van der Waals surface area contributed by atoms with Crippen LogP contribution in [-0.4, -0.2) is 57.6 Å². The number of rotatable bonds is 2. The molecular weight excluding hydrogens is 328 g/mol. The maximum Gasteiger partial charge on any atom is 0.306 e. The molecule has 6 nitrogen and oxygen atoms in total. The van der Waals surface area contributed by atoms with Gasteiger partial charge >= 0.3 is 5.97 Å². The number of hydrogen-bond donors (Lipinski definition) is 1. The Balaban J connectivity index is 1.50. The highest BCUT2D eigenvalue weighted by Gasteiger charge is 2.49. The molecule has 0 spiro atoms. The summed E-state index contributed by atoms with van der Waals surface area (Å²) in [6.45, 7) is 0.910. The third kappa shape index (κ3) is 2.30. The molecule has 2 fully saturated rings. The minimum atomic E-state index is -0.788. The van der Waals surface area contributed by atoms with Gasteiger partial charge in [0, 0.05) is 24.4 Å². The van der Waals surface area contributed by atoms with Crippen LogP contribution < -0.4 is 0 Å². The third-order valence-corrected chi connectivity index (χ3v) is 6.44. The monoisotopic (exact) mass is 346 g/mol. The van der Waals surface area contributed by atoms with Gasteiger partial charge in [0.15, 0.2) is 0 Å². The summed E-state index contributed by atoms with van der Waals surface area (Å²) >= 11 is 1.63. The Bertz CT molecular complexity index is 714. The highest BCUT2D eigenvalue weighted by Crippen LogP contribution is 2.48. The Hall–Kier alpha value is -2.02. The maximum atomic E-state index is 12.9. The SMILES string of the molecule is O=C(O)C1CCN(C(=O)C2CSC3c4ccccc4C(=O)N23)CC1. The number of likely N-dealkylation sites (tertiary alicyclic amines) is 1. The lowest BCUT2D eigenvalue weighted by atomic mass is 9.96. The lowest BCUT2D eigenvalue weighted by Crippen LogP contribution is -2.50. The second-order valence-electron chi connectivity index (χ2n) is 6.44. The number of aliphatic carboxylic acids is 1. The quantitative estimate of drug-likeness (QED) is 0.880. The van der Waals surface area contributed by atoms with E-state index in [1.807, 2.05) is 24.3 Å². The number of carboxylic acids is 1. The number of fused-ring (bicyclic) bond motifs is 3. The minimum absolute atomic E-state index is 0.0463. The lowest BCUT2D eigenvalue weighted by molar-refractivity contribution is -0.146. The molecule has 24 heavy (non-hydrogen) atoms. The van der Waals surface area contributed by atoms with Crippen molar-refractivity contribution in [3.8, 4) is 0 Å².